The van der Waals surface area contributed by atoms with Crippen LogP contribution < -0.4 is 0 Å². The van der Waals surface area contributed by atoms with Gasteiger partial charge < -0.3 is 43.5 Å². The van der Waals surface area contributed by atoms with Crippen LogP contribution in [-0.4, -0.2) is 158 Å². The first kappa shape index (κ1) is 59.7. The van der Waals surface area contributed by atoms with Gasteiger partial charge in [0.1, 0.15) is 17.9 Å². The zero-order valence-corrected chi connectivity index (χ0v) is 44.6. The molecule has 14 unspecified atom stereocenters. The number of ether oxygens (including phenoxy) is 6. The van der Waals surface area contributed by atoms with Crippen molar-refractivity contribution in [1.82, 2.24) is 9.80 Å². The van der Waals surface area contributed by atoms with Crippen LogP contribution in [-0.2, 0) is 57.2 Å². The van der Waals surface area contributed by atoms with E-state index < -0.39 is 89.8 Å². The normalized spacial score (nSPS) is 37.3. The maximum Gasteiger partial charge on any atom is 0.329 e. The summed E-state index contributed by atoms with van der Waals surface area (Å²) in [5.41, 5.74) is 1.30. The third kappa shape index (κ3) is 16.6. The standard InChI is InChI=1S/C55H86N2O14/c1-33-18-14-13-15-19-34(2)45(66-10)30-41-23-21-39(7)55(65,71-41)52(62)53(63)57-25-17-16-20-42(57)54(64)69-46(36(4)28-40-22-24-43(58)47(29-40)67-11)31-44(59)35(3)27-38(6)50(70-48(60)32-56(8)9)51(68-12)49(61)37(5)26-33/h13-15,18-19,27,33,35-37,39-43,45-47,50-51,58,65H,16-17,20-26,28-32H2,1-12H3/b15-13+,18-14+,34-19-,38-27?/t33?,35?,36?,37?,39?,40?,41?,42?,43?,45?,46?,47?,50?,51?,55-/m0/s1. The highest BCUT2D eigenvalue weighted by Crippen LogP contribution is 2.38. The molecule has 2 N–H and O–H groups in total. The number of cyclic esters (lactones) is 1. The maximum absolute atomic E-state index is 14.5. The number of hydrogen-bond donors (Lipinski definition) is 2. The number of likely N-dealkylation sites (N-methyl/N-ethyl adjacent to an activating group) is 1. The Morgan fingerprint density at radius 2 is 1.59 bits per heavy atom. The van der Waals surface area contributed by atoms with Gasteiger partial charge in [-0.15, -0.1) is 0 Å². The summed E-state index contributed by atoms with van der Waals surface area (Å²) in [7, 11) is 7.98. The molecule has 0 aromatic rings. The Kier molecular flexibility index (Phi) is 23.5. The molecule has 3 heterocycles. The third-order valence-electron chi connectivity index (χ3n) is 15.2. The second-order valence-electron chi connectivity index (χ2n) is 21.3. The molecule has 1 amide bonds. The van der Waals surface area contributed by atoms with Crippen molar-refractivity contribution >= 4 is 35.2 Å². The number of aliphatic hydroxyl groups excluding tert-OH is 1. The van der Waals surface area contributed by atoms with Crippen LogP contribution in [0.3, 0.4) is 0 Å². The molecule has 1 saturated carbocycles. The number of nitrogens with zero attached hydrogens (tertiary/aromatic N) is 2. The number of rotatable bonds is 9. The molecule has 0 spiro atoms. The quantitative estimate of drug-likeness (QED) is 0.148. The molecule has 3 aliphatic heterocycles. The number of carbonyl (C=O) groups excluding carboxylic acids is 6. The van der Waals surface area contributed by atoms with E-state index in [0.717, 1.165) is 5.57 Å². The minimum Gasteiger partial charge on any atom is -0.460 e. The first-order chi connectivity index (χ1) is 33.5. The molecule has 4 aliphatic rings. The maximum atomic E-state index is 14.5. The summed E-state index contributed by atoms with van der Waals surface area (Å²) in [6, 6.07) is -1.17. The molecule has 16 nitrogen and oxygen atoms in total. The zero-order chi connectivity index (χ0) is 52.7. The fourth-order valence-corrected chi connectivity index (χ4v) is 10.7. The predicted molar refractivity (Wildman–Crippen MR) is 268 cm³/mol. The topological polar surface area (TPSA) is 205 Å². The highest BCUT2D eigenvalue weighted by atomic mass is 16.6. The average Bonchev–Trinajstić information content (AvgIpc) is 3.32. The Morgan fingerprint density at radius 1 is 0.873 bits per heavy atom. The van der Waals surface area contributed by atoms with Gasteiger partial charge in [0.25, 0.3) is 11.7 Å². The van der Waals surface area contributed by atoms with Crippen LogP contribution in [0.25, 0.3) is 0 Å². The van der Waals surface area contributed by atoms with Gasteiger partial charge in [0.2, 0.25) is 5.79 Å². The number of ketones is 3. The molecule has 0 aromatic carbocycles. The summed E-state index contributed by atoms with van der Waals surface area (Å²) >= 11 is 0. The summed E-state index contributed by atoms with van der Waals surface area (Å²) in [6.45, 7) is 12.7. The van der Waals surface area contributed by atoms with Crippen molar-refractivity contribution in [3.05, 3.63) is 47.6 Å². The Bertz CT molecular complexity index is 1950. The van der Waals surface area contributed by atoms with E-state index in [1.165, 1.54) is 12.0 Å². The highest BCUT2D eigenvalue weighted by Gasteiger charge is 2.53. The molecule has 3 fully saturated rings. The number of methoxy groups -OCH3 is 3. The molecule has 4 rings (SSSR count). The minimum absolute atomic E-state index is 0.0246. The molecule has 2 saturated heterocycles. The molecule has 16 heteroatoms. The van der Waals surface area contributed by atoms with Crippen LogP contribution in [0.1, 0.15) is 126 Å². The number of Topliss-reactive ketones (excluding diaryl/α,β-unsaturated/α-hetero) is 3. The lowest BCUT2D eigenvalue weighted by Crippen LogP contribution is -2.61. The molecule has 0 aromatic heterocycles. The fraction of sp³-hybridized carbons (Fsp3) is 0.745. The van der Waals surface area contributed by atoms with Gasteiger partial charge in [0.05, 0.1) is 31.0 Å². The molecule has 400 valence electrons. The fourth-order valence-electron chi connectivity index (χ4n) is 10.7. The van der Waals surface area contributed by atoms with Crippen molar-refractivity contribution in [2.45, 2.75) is 180 Å². The number of piperidine rings is 1. The molecule has 71 heavy (non-hydrogen) atoms. The van der Waals surface area contributed by atoms with Crippen molar-refractivity contribution in [3.63, 3.8) is 0 Å². The van der Waals surface area contributed by atoms with Crippen LogP contribution in [0.5, 0.6) is 0 Å². The number of hydrogen-bond acceptors (Lipinski definition) is 15. The Balaban J connectivity index is 1.77. The van der Waals surface area contributed by atoms with E-state index >= 15 is 0 Å². The second kappa shape index (κ2) is 28.0. The van der Waals surface area contributed by atoms with Crippen LogP contribution in [0.15, 0.2) is 47.6 Å². The summed E-state index contributed by atoms with van der Waals surface area (Å²) in [6.07, 6.45) is 11.0. The van der Waals surface area contributed by atoms with E-state index in [0.29, 0.717) is 69.8 Å². The molecule has 15 atom stereocenters. The van der Waals surface area contributed by atoms with Crippen LogP contribution in [0.2, 0.25) is 0 Å². The lowest BCUT2D eigenvalue weighted by molar-refractivity contribution is -0.265. The molecular formula is C55H86N2O14. The largest absolute Gasteiger partial charge is 0.460 e. The van der Waals surface area contributed by atoms with Crippen molar-refractivity contribution in [3.8, 4) is 0 Å². The number of fused-ring (bicyclic) bond motifs is 3. The number of carbonyl (C=O) groups is 6. The van der Waals surface area contributed by atoms with Gasteiger partial charge in [0.15, 0.2) is 18.0 Å². The van der Waals surface area contributed by atoms with E-state index in [-0.39, 0.29) is 61.4 Å². The summed E-state index contributed by atoms with van der Waals surface area (Å²) in [5, 5.41) is 22.6. The van der Waals surface area contributed by atoms with Gasteiger partial charge in [-0.2, -0.15) is 0 Å². The summed E-state index contributed by atoms with van der Waals surface area (Å²) < 4.78 is 35.8. The minimum atomic E-state index is -2.45. The number of allylic oxidation sites excluding steroid dienone is 6. The second-order valence-corrected chi connectivity index (χ2v) is 21.3. The van der Waals surface area contributed by atoms with Gasteiger partial charge in [-0.25, -0.2) is 4.79 Å². The van der Waals surface area contributed by atoms with Crippen molar-refractivity contribution in [2.24, 2.45) is 35.5 Å². The first-order valence-electron chi connectivity index (χ1n) is 25.9. The van der Waals surface area contributed by atoms with Crippen LogP contribution in [0.4, 0.5) is 0 Å². The number of esters is 2. The molecule has 0 radical (unpaired) electrons. The lowest BCUT2D eigenvalue weighted by Gasteiger charge is -2.42. The van der Waals surface area contributed by atoms with E-state index in [1.807, 2.05) is 58.1 Å². The monoisotopic (exact) mass is 999 g/mol. The average molecular weight is 999 g/mol. The molecular weight excluding hydrogens is 913 g/mol. The highest BCUT2D eigenvalue weighted by molar-refractivity contribution is 6.39. The van der Waals surface area contributed by atoms with E-state index in [1.54, 1.807) is 60.1 Å². The summed E-state index contributed by atoms with van der Waals surface area (Å²) in [4.78, 5) is 87.9. The zero-order valence-electron chi connectivity index (χ0n) is 44.6. The smallest absolute Gasteiger partial charge is 0.329 e. The van der Waals surface area contributed by atoms with E-state index in [2.05, 4.69) is 0 Å². The Hall–Kier alpha value is -3.90. The van der Waals surface area contributed by atoms with Crippen molar-refractivity contribution in [2.75, 3.05) is 48.5 Å². The Morgan fingerprint density at radius 3 is 2.25 bits per heavy atom. The van der Waals surface area contributed by atoms with Crippen molar-refractivity contribution in [1.29, 1.82) is 0 Å². The van der Waals surface area contributed by atoms with Gasteiger partial charge in [0, 0.05) is 58.5 Å². The SMILES string of the molecule is COC1CC2CCC(C)[C@](O)(O2)C(=O)C(=O)N2CCCCC2C(=O)OC(C(C)CC2CCC(O)C(OC)C2)CC(=O)C(C)C=C(C)C(OC(=O)CN(C)C)C(OC)C(=O)C(C)CC(C)/C=C/C=C/C=C\1C. The van der Waals surface area contributed by atoms with Crippen molar-refractivity contribution < 1.29 is 67.4 Å². The Labute approximate surface area is 422 Å². The first-order valence-corrected chi connectivity index (χ1v) is 25.9. The van der Waals surface area contributed by atoms with Crippen LogP contribution >= 0.6 is 0 Å². The summed E-state index contributed by atoms with van der Waals surface area (Å²) in [5.74, 6) is -8.85. The van der Waals surface area contributed by atoms with Gasteiger partial charge in [-0.1, -0.05) is 71.1 Å². The van der Waals surface area contributed by atoms with Gasteiger partial charge in [-0.05, 0) is 121 Å². The van der Waals surface area contributed by atoms with E-state index in [4.69, 9.17) is 28.4 Å². The third-order valence-corrected chi connectivity index (χ3v) is 15.2. The molecule has 1 aliphatic carbocycles. The lowest BCUT2D eigenvalue weighted by atomic mass is 9.78. The van der Waals surface area contributed by atoms with Gasteiger partial charge in [-0.3, -0.25) is 28.9 Å². The number of amides is 1. The van der Waals surface area contributed by atoms with E-state index in [9.17, 15) is 39.0 Å². The number of aliphatic hydroxyl groups is 2. The predicted octanol–water partition coefficient (Wildman–Crippen LogP) is 6.29. The van der Waals surface area contributed by atoms with Gasteiger partial charge >= 0.3 is 11.9 Å². The molecule has 2 bridgehead atoms. The van der Waals surface area contributed by atoms with Crippen LogP contribution in [0, 0.1) is 35.5 Å².